The van der Waals surface area contributed by atoms with Crippen LogP contribution in [0.25, 0.3) is 0 Å². The maximum Gasteiger partial charge on any atom is 0.257 e. The van der Waals surface area contributed by atoms with Crippen LogP contribution in [-0.4, -0.2) is 24.2 Å². The second-order valence-electron chi connectivity index (χ2n) is 6.33. The van der Waals surface area contributed by atoms with E-state index in [1.807, 2.05) is 31.2 Å². The number of phenols is 1. The van der Waals surface area contributed by atoms with Crippen LogP contribution in [0, 0.1) is 0 Å². The van der Waals surface area contributed by atoms with Gasteiger partial charge >= 0.3 is 0 Å². The van der Waals surface area contributed by atoms with E-state index in [2.05, 4.69) is 51.0 Å². The van der Waals surface area contributed by atoms with Crippen molar-refractivity contribution >= 4 is 37.8 Å². The van der Waals surface area contributed by atoms with Gasteiger partial charge in [-0.1, -0.05) is 57.8 Å². The lowest BCUT2D eigenvalue weighted by Gasteiger charge is -2.14. The maximum absolute atomic E-state index is 11.5. The monoisotopic (exact) mass is 483 g/mol. The topological polar surface area (TPSA) is 58.6 Å². The minimum absolute atomic E-state index is 0.0121. The molecule has 2 rings (SSSR count). The Balaban J connectivity index is 2.18. The first-order chi connectivity index (χ1) is 12.3. The number of nitrogens with one attached hydrogen (secondary N) is 1. The van der Waals surface area contributed by atoms with Gasteiger partial charge in [-0.25, -0.2) is 0 Å². The van der Waals surface area contributed by atoms with Gasteiger partial charge in [0, 0.05) is 15.5 Å². The Morgan fingerprint density at radius 1 is 1.19 bits per heavy atom. The van der Waals surface area contributed by atoms with Gasteiger partial charge in [0.1, 0.15) is 11.5 Å². The maximum atomic E-state index is 11.5. The Labute approximate surface area is 171 Å². The average Bonchev–Trinajstić information content (AvgIpc) is 2.57. The van der Waals surface area contributed by atoms with Gasteiger partial charge < -0.3 is 15.2 Å². The number of rotatable bonds is 7. The first kappa shape index (κ1) is 20.8. The second kappa shape index (κ2) is 9.42. The van der Waals surface area contributed by atoms with Crippen LogP contribution < -0.4 is 10.1 Å². The van der Waals surface area contributed by atoms with Crippen LogP contribution in [0.3, 0.4) is 0 Å². The first-order valence-electron chi connectivity index (χ1n) is 8.51. The lowest BCUT2D eigenvalue weighted by atomic mass is 9.96. The van der Waals surface area contributed by atoms with E-state index < -0.39 is 0 Å². The lowest BCUT2D eigenvalue weighted by molar-refractivity contribution is -0.122. The lowest BCUT2D eigenvalue weighted by Crippen LogP contribution is -2.28. The highest BCUT2D eigenvalue weighted by Gasteiger charge is 2.13. The molecule has 0 unspecified atom stereocenters. The fraction of sp³-hybridized carbons (Fsp3) is 0.350. The molecule has 0 atom stereocenters. The Morgan fingerprint density at radius 2 is 1.85 bits per heavy atom. The Hall–Kier alpha value is -1.53. The van der Waals surface area contributed by atoms with Crippen LogP contribution in [0.5, 0.6) is 11.5 Å². The van der Waals surface area contributed by atoms with E-state index in [-0.39, 0.29) is 18.4 Å². The molecular formula is C20H23Br2NO3. The summed E-state index contributed by atoms with van der Waals surface area (Å²) in [6.45, 7) is 6.56. The molecule has 2 aromatic carbocycles. The normalized spacial score (nSPS) is 10.8. The third kappa shape index (κ3) is 5.48. The minimum Gasteiger partial charge on any atom is -0.508 e. The number of halogens is 2. The Bertz CT molecular complexity index is 768. The summed E-state index contributed by atoms with van der Waals surface area (Å²) in [5, 5.41) is 12.7. The van der Waals surface area contributed by atoms with E-state index in [9.17, 15) is 9.90 Å². The fourth-order valence-corrected chi connectivity index (χ4v) is 4.03. The van der Waals surface area contributed by atoms with Crippen molar-refractivity contribution in [2.24, 2.45) is 0 Å². The summed E-state index contributed by atoms with van der Waals surface area (Å²) in [5.74, 6) is 1.06. The number of aromatic hydroxyl groups is 1. The first-order valence-corrected chi connectivity index (χ1v) is 10.1. The molecule has 0 aliphatic carbocycles. The average molecular weight is 485 g/mol. The van der Waals surface area contributed by atoms with E-state index in [1.54, 1.807) is 6.07 Å². The molecule has 6 heteroatoms. The molecule has 2 aromatic rings. The van der Waals surface area contributed by atoms with Crippen molar-refractivity contribution in [2.75, 3.05) is 13.2 Å². The molecule has 0 saturated heterocycles. The third-order valence-corrected chi connectivity index (χ3v) is 5.37. The van der Waals surface area contributed by atoms with Crippen LogP contribution in [0.4, 0.5) is 0 Å². The van der Waals surface area contributed by atoms with E-state index >= 15 is 0 Å². The number of hydrogen-bond donors (Lipinski definition) is 2. The smallest absolute Gasteiger partial charge is 0.257 e. The van der Waals surface area contributed by atoms with Crippen LogP contribution in [0.1, 0.15) is 43.4 Å². The molecule has 4 nitrogen and oxygen atoms in total. The minimum atomic E-state index is -0.144. The van der Waals surface area contributed by atoms with Gasteiger partial charge in [0.2, 0.25) is 0 Å². The number of carbonyl (C=O) groups excluding carboxylic acids is 1. The van der Waals surface area contributed by atoms with Crippen LogP contribution in [-0.2, 0) is 11.2 Å². The van der Waals surface area contributed by atoms with Crippen molar-refractivity contribution < 1.29 is 14.6 Å². The molecule has 0 radical (unpaired) electrons. The van der Waals surface area contributed by atoms with E-state index in [1.165, 1.54) is 0 Å². The number of amides is 1. The van der Waals surface area contributed by atoms with Crippen molar-refractivity contribution in [3.05, 3.63) is 56.0 Å². The SMILES string of the molecule is CCNC(=O)COc1cc(Br)c(Cc2ccc(O)c(C(C)C)c2)c(Br)c1. The van der Waals surface area contributed by atoms with E-state index in [4.69, 9.17) is 4.74 Å². The van der Waals surface area contributed by atoms with Crippen molar-refractivity contribution in [1.29, 1.82) is 0 Å². The highest BCUT2D eigenvalue weighted by Crippen LogP contribution is 2.34. The largest absolute Gasteiger partial charge is 0.508 e. The molecule has 0 bridgehead atoms. The number of carbonyl (C=O) groups is 1. The van der Waals surface area contributed by atoms with Gasteiger partial charge in [0.05, 0.1) is 0 Å². The van der Waals surface area contributed by atoms with Crippen molar-refractivity contribution in [3.8, 4) is 11.5 Å². The predicted octanol–water partition coefficient (Wildman–Crippen LogP) is 5.15. The summed E-state index contributed by atoms with van der Waals surface area (Å²) < 4.78 is 7.35. The summed E-state index contributed by atoms with van der Waals surface area (Å²) in [7, 11) is 0. The number of phenolic OH excluding ortho intramolecular Hbond substituents is 1. The molecule has 0 aliphatic rings. The van der Waals surface area contributed by atoms with Gasteiger partial charge in [0.15, 0.2) is 6.61 Å². The summed E-state index contributed by atoms with van der Waals surface area (Å²) in [6, 6.07) is 9.44. The zero-order valence-corrected chi connectivity index (χ0v) is 18.3. The van der Waals surface area contributed by atoms with Crippen molar-refractivity contribution in [3.63, 3.8) is 0 Å². The van der Waals surface area contributed by atoms with E-state index in [0.717, 1.165) is 25.6 Å². The third-order valence-electron chi connectivity index (χ3n) is 3.95. The van der Waals surface area contributed by atoms with Crippen LogP contribution in [0.15, 0.2) is 39.3 Å². The quantitative estimate of drug-likeness (QED) is 0.571. The number of likely N-dealkylation sites (N-methyl/N-ethyl adjacent to an activating group) is 1. The van der Waals surface area contributed by atoms with Gasteiger partial charge in [-0.05, 0) is 54.2 Å². The van der Waals surface area contributed by atoms with Crippen LogP contribution in [0.2, 0.25) is 0 Å². The number of ether oxygens (including phenoxy) is 1. The zero-order chi connectivity index (χ0) is 19.3. The summed E-state index contributed by atoms with van der Waals surface area (Å²) >= 11 is 7.19. The van der Waals surface area contributed by atoms with E-state index in [0.29, 0.717) is 24.5 Å². The molecule has 26 heavy (non-hydrogen) atoms. The Kier molecular flexibility index (Phi) is 7.53. The van der Waals surface area contributed by atoms with Crippen LogP contribution >= 0.6 is 31.9 Å². The highest BCUT2D eigenvalue weighted by atomic mass is 79.9. The zero-order valence-electron chi connectivity index (χ0n) is 15.1. The van der Waals surface area contributed by atoms with Crippen molar-refractivity contribution in [1.82, 2.24) is 5.32 Å². The molecule has 0 aromatic heterocycles. The van der Waals surface area contributed by atoms with Gasteiger partial charge in [0.25, 0.3) is 5.91 Å². The van der Waals surface area contributed by atoms with Gasteiger partial charge in [-0.15, -0.1) is 0 Å². The summed E-state index contributed by atoms with van der Waals surface area (Å²) in [5.41, 5.74) is 3.14. The number of hydrogen-bond acceptors (Lipinski definition) is 3. The fourth-order valence-electron chi connectivity index (χ4n) is 2.61. The molecule has 0 spiro atoms. The van der Waals surface area contributed by atoms with Gasteiger partial charge in [-0.2, -0.15) is 0 Å². The molecule has 0 aliphatic heterocycles. The second-order valence-corrected chi connectivity index (χ2v) is 8.04. The van der Waals surface area contributed by atoms with Gasteiger partial charge in [-0.3, -0.25) is 4.79 Å². The molecule has 0 saturated carbocycles. The standard InChI is InChI=1S/C20H23Br2NO3/c1-4-23-20(25)11-26-14-9-17(21)16(18(22)10-14)8-13-5-6-19(24)15(7-13)12(2)3/h5-7,9-10,12,24H,4,8,11H2,1-3H3,(H,23,25). The molecule has 1 amide bonds. The van der Waals surface area contributed by atoms with Crippen molar-refractivity contribution in [2.45, 2.75) is 33.1 Å². The highest BCUT2D eigenvalue weighted by molar-refractivity contribution is 9.11. The molecule has 2 N–H and O–H groups in total. The molecule has 140 valence electrons. The molecule has 0 heterocycles. The summed E-state index contributed by atoms with van der Waals surface area (Å²) in [6.07, 6.45) is 0.706. The molecule has 0 fully saturated rings. The Morgan fingerprint density at radius 3 is 2.42 bits per heavy atom. The summed E-state index contributed by atoms with van der Waals surface area (Å²) in [4.78, 5) is 11.5. The molecular weight excluding hydrogens is 462 g/mol. The number of benzene rings is 2. The predicted molar refractivity (Wildman–Crippen MR) is 111 cm³/mol.